The number of benzene rings is 2. The first-order valence-electron chi connectivity index (χ1n) is 6.72. The van der Waals surface area contributed by atoms with Gasteiger partial charge in [0, 0.05) is 12.7 Å². The van der Waals surface area contributed by atoms with Crippen LogP contribution in [0.5, 0.6) is 5.75 Å². The first-order chi connectivity index (χ1) is 10.2. The van der Waals surface area contributed by atoms with Crippen LogP contribution in [0.4, 0.5) is 0 Å². The molecule has 0 radical (unpaired) electrons. The molecule has 0 aliphatic rings. The predicted octanol–water partition coefficient (Wildman–Crippen LogP) is 3.15. The van der Waals surface area contributed by atoms with Gasteiger partial charge in [-0.05, 0) is 30.2 Å². The predicted molar refractivity (Wildman–Crippen MR) is 79.8 cm³/mol. The lowest BCUT2D eigenvalue weighted by molar-refractivity contribution is 0.0694. The van der Waals surface area contributed by atoms with Crippen molar-refractivity contribution in [2.45, 2.75) is 13.0 Å². The lowest BCUT2D eigenvalue weighted by Gasteiger charge is -2.09. The van der Waals surface area contributed by atoms with Gasteiger partial charge in [-0.15, -0.1) is 0 Å². The molecular formula is C17H18O4. The Hall–Kier alpha value is -2.33. The van der Waals surface area contributed by atoms with E-state index in [1.54, 1.807) is 31.4 Å². The van der Waals surface area contributed by atoms with Crippen LogP contribution in [-0.2, 0) is 17.8 Å². The lowest BCUT2D eigenvalue weighted by Crippen LogP contribution is -2.05. The number of carbonyl (C=O) groups is 1. The molecule has 0 fully saturated rings. The maximum atomic E-state index is 11.1. The summed E-state index contributed by atoms with van der Waals surface area (Å²) in [5.41, 5.74) is 2.11. The molecule has 110 valence electrons. The van der Waals surface area contributed by atoms with E-state index in [4.69, 9.17) is 14.6 Å². The van der Waals surface area contributed by atoms with Gasteiger partial charge in [-0.2, -0.15) is 0 Å². The zero-order valence-electron chi connectivity index (χ0n) is 11.9. The molecule has 0 saturated carbocycles. The fourth-order valence-electron chi connectivity index (χ4n) is 1.99. The van der Waals surface area contributed by atoms with Crippen LogP contribution in [0, 0.1) is 0 Å². The van der Waals surface area contributed by atoms with Crippen molar-refractivity contribution in [1.29, 1.82) is 0 Å². The van der Waals surface area contributed by atoms with Gasteiger partial charge in [0.1, 0.15) is 12.4 Å². The monoisotopic (exact) mass is 286 g/mol. The van der Waals surface area contributed by atoms with E-state index in [0.717, 1.165) is 12.2 Å². The zero-order valence-corrected chi connectivity index (χ0v) is 11.9. The van der Waals surface area contributed by atoms with Gasteiger partial charge in [0.2, 0.25) is 0 Å². The molecule has 0 aliphatic heterocycles. The highest BCUT2D eigenvalue weighted by Gasteiger charge is 2.09. The molecule has 2 rings (SSSR count). The molecule has 0 spiro atoms. The van der Waals surface area contributed by atoms with Crippen LogP contribution in [0.3, 0.4) is 0 Å². The number of carboxylic acid groups (broad SMARTS) is 1. The van der Waals surface area contributed by atoms with Crippen LogP contribution in [0.15, 0.2) is 48.5 Å². The Morgan fingerprint density at radius 1 is 1.10 bits per heavy atom. The van der Waals surface area contributed by atoms with Gasteiger partial charge in [-0.1, -0.05) is 30.3 Å². The van der Waals surface area contributed by atoms with Crippen molar-refractivity contribution in [2.75, 3.05) is 13.7 Å². The van der Waals surface area contributed by atoms with Crippen molar-refractivity contribution < 1.29 is 19.4 Å². The number of ether oxygens (including phenoxy) is 2. The van der Waals surface area contributed by atoms with E-state index in [1.165, 1.54) is 5.56 Å². The molecule has 1 N–H and O–H groups in total. The van der Waals surface area contributed by atoms with Crippen LogP contribution in [0.2, 0.25) is 0 Å². The van der Waals surface area contributed by atoms with Gasteiger partial charge < -0.3 is 14.6 Å². The van der Waals surface area contributed by atoms with Gasteiger partial charge >= 0.3 is 5.97 Å². The van der Waals surface area contributed by atoms with Gasteiger partial charge in [0.05, 0.1) is 12.2 Å². The van der Waals surface area contributed by atoms with Crippen molar-refractivity contribution in [3.63, 3.8) is 0 Å². The summed E-state index contributed by atoms with van der Waals surface area (Å²) in [6.45, 7) is 0.923. The summed E-state index contributed by atoms with van der Waals surface area (Å²) in [5, 5.41) is 9.11. The van der Waals surface area contributed by atoms with Gasteiger partial charge in [0.15, 0.2) is 0 Å². The Balaban J connectivity index is 1.98. The van der Waals surface area contributed by atoms with E-state index < -0.39 is 5.97 Å². The Bertz CT molecular complexity index is 590. The van der Waals surface area contributed by atoms with Gasteiger partial charge in [0.25, 0.3) is 0 Å². The average Bonchev–Trinajstić information content (AvgIpc) is 2.52. The molecule has 0 unspecified atom stereocenters. The summed E-state index contributed by atoms with van der Waals surface area (Å²) in [7, 11) is 1.68. The Morgan fingerprint density at radius 3 is 2.48 bits per heavy atom. The molecule has 0 aliphatic carbocycles. The van der Waals surface area contributed by atoms with E-state index in [-0.39, 0.29) is 12.2 Å². The molecule has 2 aromatic rings. The van der Waals surface area contributed by atoms with Crippen molar-refractivity contribution in [2.24, 2.45) is 0 Å². The molecule has 0 saturated heterocycles. The maximum absolute atomic E-state index is 11.1. The van der Waals surface area contributed by atoms with Crippen molar-refractivity contribution in [1.82, 2.24) is 0 Å². The second kappa shape index (κ2) is 7.45. The summed E-state index contributed by atoms with van der Waals surface area (Å²) >= 11 is 0. The quantitative estimate of drug-likeness (QED) is 0.849. The highest BCUT2D eigenvalue weighted by Crippen LogP contribution is 2.16. The molecular weight excluding hydrogens is 268 g/mol. The van der Waals surface area contributed by atoms with E-state index in [0.29, 0.717) is 12.2 Å². The van der Waals surface area contributed by atoms with Crippen molar-refractivity contribution in [3.8, 4) is 5.75 Å². The molecule has 0 heterocycles. The maximum Gasteiger partial charge on any atom is 0.336 e. The summed E-state index contributed by atoms with van der Waals surface area (Å²) in [4.78, 5) is 11.1. The van der Waals surface area contributed by atoms with Crippen LogP contribution < -0.4 is 4.74 Å². The zero-order chi connectivity index (χ0) is 15.1. The summed E-state index contributed by atoms with van der Waals surface area (Å²) in [6.07, 6.45) is 0.860. The van der Waals surface area contributed by atoms with E-state index >= 15 is 0 Å². The summed E-state index contributed by atoms with van der Waals surface area (Å²) in [5.74, 6) is -0.222. The molecule has 0 bridgehead atoms. The molecule has 21 heavy (non-hydrogen) atoms. The Kier molecular flexibility index (Phi) is 5.35. The minimum atomic E-state index is -0.941. The third kappa shape index (κ3) is 4.33. The third-order valence-electron chi connectivity index (χ3n) is 3.16. The molecule has 0 aromatic heterocycles. The standard InChI is InChI=1S/C17H18O4/c1-20-11-10-13-6-8-15(9-7-13)21-12-14-4-2-3-5-16(14)17(18)19/h2-9H,10-12H2,1H3,(H,18,19). The average molecular weight is 286 g/mol. The topological polar surface area (TPSA) is 55.8 Å². The van der Waals surface area contributed by atoms with E-state index in [9.17, 15) is 4.79 Å². The number of aromatic carboxylic acids is 1. The van der Waals surface area contributed by atoms with Crippen LogP contribution >= 0.6 is 0 Å². The fraction of sp³-hybridized carbons (Fsp3) is 0.235. The van der Waals surface area contributed by atoms with Gasteiger partial charge in [-0.3, -0.25) is 0 Å². The third-order valence-corrected chi connectivity index (χ3v) is 3.16. The molecule has 4 nitrogen and oxygen atoms in total. The number of hydrogen-bond donors (Lipinski definition) is 1. The number of hydrogen-bond acceptors (Lipinski definition) is 3. The van der Waals surface area contributed by atoms with E-state index in [2.05, 4.69) is 0 Å². The van der Waals surface area contributed by atoms with E-state index in [1.807, 2.05) is 24.3 Å². The number of carboxylic acids is 1. The van der Waals surface area contributed by atoms with Gasteiger partial charge in [-0.25, -0.2) is 4.79 Å². The lowest BCUT2D eigenvalue weighted by atomic mass is 10.1. The number of rotatable bonds is 7. The highest BCUT2D eigenvalue weighted by atomic mass is 16.5. The molecule has 2 aromatic carbocycles. The Morgan fingerprint density at radius 2 is 1.81 bits per heavy atom. The SMILES string of the molecule is COCCc1ccc(OCc2ccccc2C(=O)O)cc1. The summed E-state index contributed by atoms with van der Waals surface area (Å²) < 4.78 is 10.7. The second-order valence-electron chi connectivity index (χ2n) is 4.64. The summed E-state index contributed by atoms with van der Waals surface area (Å²) in [6, 6.07) is 14.6. The first kappa shape index (κ1) is 15.1. The van der Waals surface area contributed by atoms with Crippen LogP contribution in [0.1, 0.15) is 21.5 Å². The normalized spacial score (nSPS) is 10.3. The van der Waals surface area contributed by atoms with Crippen LogP contribution in [-0.4, -0.2) is 24.8 Å². The fourth-order valence-corrected chi connectivity index (χ4v) is 1.99. The van der Waals surface area contributed by atoms with Crippen molar-refractivity contribution in [3.05, 3.63) is 65.2 Å². The molecule has 0 atom stereocenters. The van der Waals surface area contributed by atoms with Crippen molar-refractivity contribution >= 4 is 5.97 Å². The van der Waals surface area contributed by atoms with Crippen LogP contribution in [0.25, 0.3) is 0 Å². The number of methoxy groups -OCH3 is 1. The minimum Gasteiger partial charge on any atom is -0.489 e. The first-order valence-corrected chi connectivity index (χ1v) is 6.72. The molecule has 4 heteroatoms. The Labute approximate surface area is 123 Å². The smallest absolute Gasteiger partial charge is 0.336 e. The molecule has 0 amide bonds. The minimum absolute atomic E-state index is 0.236. The second-order valence-corrected chi connectivity index (χ2v) is 4.64. The highest BCUT2D eigenvalue weighted by molar-refractivity contribution is 5.89. The largest absolute Gasteiger partial charge is 0.489 e.